The Morgan fingerprint density at radius 1 is 1.24 bits per heavy atom. The maximum atomic E-state index is 11.7. The van der Waals surface area contributed by atoms with Crippen LogP contribution in [-0.2, 0) is 4.79 Å². The van der Waals surface area contributed by atoms with E-state index in [2.05, 4.69) is 13.8 Å². The van der Waals surface area contributed by atoms with Crippen molar-refractivity contribution in [3.8, 4) is 11.5 Å². The summed E-state index contributed by atoms with van der Waals surface area (Å²) < 4.78 is 10.9. The molecule has 0 heterocycles. The molecule has 2 unspecified atom stereocenters. The maximum absolute atomic E-state index is 11.7. The van der Waals surface area contributed by atoms with Crippen LogP contribution in [0, 0.1) is 11.3 Å². The molecule has 1 aromatic carbocycles. The van der Waals surface area contributed by atoms with Gasteiger partial charge in [-0.1, -0.05) is 19.9 Å². The highest BCUT2D eigenvalue weighted by Crippen LogP contribution is 2.51. The van der Waals surface area contributed by atoms with Crippen LogP contribution < -0.4 is 9.47 Å². The lowest BCUT2D eigenvalue weighted by Gasteiger charge is -2.40. The molecule has 0 radical (unpaired) electrons. The summed E-state index contributed by atoms with van der Waals surface area (Å²) in [5, 5.41) is 9.59. The Labute approximate surface area is 126 Å². The van der Waals surface area contributed by atoms with Crippen molar-refractivity contribution in [1.29, 1.82) is 0 Å². The fraction of sp³-hybridized carbons (Fsp3) is 0.588. The third-order valence-electron chi connectivity index (χ3n) is 4.54. The second kappa shape index (κ2) is 5.96. The van der Waals surface area contributed by atoms with E-state index in [4.69, 9.17) is 9.47 Å². The van der Waals surface area contributed by atoms with Gasteiger partial charge in [-0.25, -0.2) is 0 Å². The predicted molar refractivity (Wildman–Crippen MR) is 81.0 cm³/mol. The number of ether oxygens (including phenoxy) is 2. The first-order valence-electron chi connectivity index (χ1n) is 7.33. The number of benzene rings is 1. The van der Waals surface area contributed by atoms with Crippen LogP contribution >= 0.6 is 0 Å². The van der Waals surface area contributed by atoms with E-state index < -0.39 is 5.97 Å². The average Bonchev–Trinajstić information content (AvgIpc) is 2.44. The minimum Gasteiger partial charge on any atom is -0.496 e. The third-order valence-corrected chi connectivity index (χ3v) is 4.54. The summed E-state index contributed by atoms with van der Waals surface area (Å²) in [6.07, 6.45) is 2.44. The van der Waals surface area contributed by atoms with Crippen LogP contribution in [0.1, 0.15) is 44.6 Å². The van der Waals surface area contributed by atoms with E-state index in [9.17, 15) is 9.90 Å². The minimum absolute atomic E-state index is 0.0858. The number of rotatable bonds is 4. The first kappa shape index (κ1) is 15.7. The Kier molecular flexibility index (Phi) is 4.45. The first-order chi connectivity index (χ1) is 9.89. The number of hydrogen-bond acceptors (Lipinski definition) is 3. The highest BCUT2D eigenvalue weighted by atomic mass is 16.5. The molecule has 1 fully saturated rings. The minimum atomic E-state index is -0.733. The molecule has 0 saturated heterocycles. The van der Waals surface area contributed by atoms with Gasteiger partial charge >= 0.3 is 5.97 Å². The fourth-order valence-corrected chi connectivity index (χ4v) is 3.43. The molecule has 0 bridgehead atoms. The standard InChI is InChI=1S/C17H24O4/c1-17(2)9-8-11(16(18)19)12(10-17)15-13(20-3)6-5-7-14(15)21-4/h5-7,11-12H,8-10H2,1-4H3,(H,18,19). The van der Waals surface area contributed by atoms with Crippen LogP contribution in [0.5, 0.6) is 11.5 Å². The Morgan fingerprint density at radius 3 is 2.29 bits per heavy atom. The molecule has 4 heteroatoms. The van der Waals surface area contributed by atoms with Crippen molar-refractivity contribution >= 4 is 5.97 Å². The van der Waals surface area contributed by atoms with E-state index in [0.717, 1.165) is 18.4 Å². The van der Waals surface area contributed by atoms with E-state index >= 15 is 0 Å². The third kappa shape index (κ3) is 3.14. The number of aliphatic carboxylic acids is 1. The monoisotopic (exact) mass is 292 g/mol. The Bertz CT molecular complexity index is 499. The molecule has 1 aliphatic rings. The molecule has 1 aromatic rings. The van der Waals surface area contributed by atoms with Crippen molar-refractivity contribution in [2.45, 2.75) is 39.0 Å². The summed E-state index contributed by atoms with van der Waals surface area (Å²) in [5.74, 6) is 0.218. The lowest BCUT2D eigenvalue weighted by Crippen LogP contribution is -2.33. The molecule has 0 aromatic heterocycles. The van der Waals surface area contributed by atoms with Gasteiger partial charge in [0.25, 0.3) is 0 Å². The zero-order valence-corrected chi connectivity index (χ0v) is 13.2. The van der Waals surface area contributed by atoms with Crippen molar-refractivity contribution in [2.75, 3.05) is 14.2 Å². The van der Waals surface area contributed by atoms with Crippen molar-refractivity contribution in [3.05, 3.63) is 23.8 Å². The fourth-order valence-electron chi connectivity index (χ4n) is 3.43. The first-order valence-corrected chi connectivity index (χ1v) is 7.33. The van der Waals surface area contributed by atoms with E-state index in [-0.39, 0.29) is 17.3 Å². The molecule has 1 saturated carbocycles. The van der Waals surface area contributed by atoms with Gasteiger partial charge in [-0.2, -0.15) is 0 Å². The van der Waals surface area contributed by atoms with Gasteiger partial charge in [-0.3, -0.25) is 4.79 Å². The van der Waals surface area contributed by atoms with Gasteiger partial charge in [-0.05, 0) is 36.8 Å². The van der Waals surface area contributed by atoms with Crippen LogP contribution in [0.25, 0.3) is 0 Å². The second-order valence-electron chi connectivity index (χ2n) is 6.53. The van der Waals surface area contributed by atoms with Crippen molar-refractivity contribution in [2.24, 2.45) is 11.3 Å². The van der Waals surface area contributed by atoms with Gasteiger partial charge in [0.2, 0.25) is 0 Å². The molecule has 4 nitrogen and oxygen atoms in total. The summed E-state index contributed by atoms with van der Waals surface area (Å²) in [7, 11) is 3.23. The summed E-state index contributed by atoms with van der Waals surface area (Å²) in [4.78, 5) is 11.7. The van der Waals surface area contributed by atoms with E-state index in [1.54, 1.807) is 14.2 Å². The topological polar surface area (TPSA) is 55.8 Å². The normalized spacial score (nSPS) is 24.4. The number of carboxylic acid groups (broad SMARTS) is 1. The Balaban J connectivity index is 2.51. The van der Waals surface area contributed by atoms with Crippen LogP contribution in [0.4, 0.5) is 0 Å². The summed E-state index contributed by atoms with van der Waals surface area (Å²) in [5.41, 5.74) is 1.02. The average molecular weight is 292 g/mol. The van der Waals surface area contributed by atoms with Crippen molar-refractivity contribution < 1.29 is 19.4 Å². The molecular formula is C17H24O4. The molecule has 2 rings (SSSR count). The van der Waals surface area contributed by atoms with E-state index in [1.807, 2.05) is 18.2 Å². The maximum Gasteiger partial charge on any atom is 0.307 e. The number of carbonyl (C=O) groups is 1. The molecular weight excluding hydrogens is 268 g/mol. The number of methoxy groups -OCH3 is 2. The van der Waals surface area contributed by atoms with Gasteiger partial charge in [0.15, 0.2) is 0 Å². The molecule has 21 heavy (non-hydrogen) atoms. The van der Waals surface area contributed by atoms with Crippen LogP contribution in [-0.4, -0.2) is 25.3 Å². The second-order valence-corrected chi connectivity index (χ2v) is 6.53. The molecule has 0 aliphatic heterocycles. The van der Waals surface area contributed by atoms with Crippen LogP contribution in [0.3, 0.4) is 0 Å². The molecule has 116 valence electrons. The van der Waals surface area contributed by atoms with Gasteiger partial charge < -0.3 is 14.6 Å². The zero-order chi connectivity index (χ0) is 15.6. The van der Waals surface area contributed by atoms with Gasteiger partial charge in [0, 0.05) is 11.5 Å². The molecule has 2 atom stereocenters. The summed E-state index contributed by atoms with van der Waals surface area (Å²) >= 11 is 0. The lowest BCUT2D eigenvalue weighted by atomic mass is 9.65. The smallest absolute Gasteiger partial charge is 0.307 e. The number of carboxylic acids is 1. The van der Waals surface area contributed by atoms with Gasteiger partial charge in [0.1, 0.15) is 11.5 Å². The largest absolute Gasteiger partial charge is 0.496 e. The van der Waals surface area contributed by atoms with Gasteiger partial charge in [0.05, 0.1) is 20.1 Å². The zero-order valence-electron chi connectivity index (χ0n) is 13.2. The number of hydrogen-bond donors (Lipinski definition) is 1. The summed E-state index contributed by atoms with van der Waals surface area (Å²) in [6.45, 7) is 4.39. The highest BCUT2D eigenvalue weighted by molar-refractivity contribution is 5.72. The van der Waals surface area contributed by atoms with Crippen molar-refractivity contribution in [1.82, 2.24) is 0 Å². The van der Waals surface area contributed by atoms with Crippen LogP contribution in [0.15, 0.2) is 18.2 Å². The van der Waals surface area contributed by atoms with Gasteiger partial charge in [-0.15, -0.1) is 0 Å². The van der Waals surface area contributed by atoms with Crippen molar-refractivity contribution in [3.63, 3.8) is 0 Å². The molecule has 1 N–H and O–H groups in total. The summed E-state index contributed by atoms with van der Waals surface area (Å²) in [6, 6.07) is 5.61. The highest BCUT2D eigenvalue weighted by Gasteiger charge is 2.41. The van der Waals surface area contributed by atoms with E-state index in [1.165, 1.54) is 0 Å². The molecule has 0 amide bonds. The molecule has 0 spiro atoms. The Hall–Kier alpha value is -1.71. The Morgan fingerprint density at radius 2 is 1.81 bits per heavy atom. The van der Waals surface area contributed by atoms with Crippen LogP contribution in [0.2, 0.25) is 0 Å². The SMILES string of the molecule is COc1cccc(OC)c1C1CC(C)(C)CCC1C(=O)O. The predicted octanol–water partition coefficient (Wildman–Crippen LogP) is 3.70. The molecule has 1 aliphatic carbocycles. The lowest BCUT2D eigenvalue weighted by molar-refractivity contribution is -0.144. The quantitative estimate of drug-likeness (QED) is 0.919. The van der Waals surface area contributed by atoms with E-state index in [0.29, 0.717) is 17.9 Å².